The minimum Gasteiger partial charge on any atom is -0.388 e. The Labute approximate surface area is 116 Å². The minimum atomic E-state index is -0.639. The molecule has 0 radical (unpaired) electrons. The maximum atomic E-state index is 10.3. The molecule has 0 bridgehead atoms. The summed E-state index contributed by atoms with van der Waals surface area (Å²) in [5.41, 5.74) is 0.589. The average Bonchev–Trinajstić information content (AvgIpc) is 2.28. The highest BCUT2D eigenvalue weighted by molar-refractivity contribution is 6.39. The lowest BCUT2D eigenvalue weighted by molar-refractivity contribution is 0.0923. The van der Waals surface area contributed by atoms with Crippen LogP contribution in [0.2, 0.25) is 15.1 Å². The molecule has 17 heavy (non-hydrogen) atoms. The summed E-state index contributed by atoms with van der Waals surface area (Å²) in [7, 11) is 0. The maximum absolute atomic E-state index is 10.3. The Hall–Kier alpha value is 0.01000. The van der Waals surface area contributed by atoms with E-state index < -0.39 is 6.10 Å². The highest BCUT2D eigenvalue weighted by atomic mass is 35.5. The minimum absolute atomic E-state index is 0.153. The third-order valence-corrected chi connectivity index (χ3v) is 3.96. The van der Waals surface area contributed by atoms with Crippen LogP contribution in [0.5, 0.6) is 0 Å². The van der Waals surface area contributed by atoms with Gasteiger partial charge in [-0.05, 0) is 31.5 Å². The molecular weight excluding hydrogens is 280 g/mol. The first-order valence-electron chi connectivity index (χ1n) is 5.63. The van der Waals surface area contributed by atoms with Gasteiger partial charge in [-0.15, -0.1) is 0 Å². The van der Waals surface area contributed by atoms with Gasteiger partial charge < -0.3 is 10.4 Å². The van der Waals surface area contributed by atoms with Gasteiger partial charge in [-0.2, -0.15) is 0 Å². The third kappa shape index (κ3) is 3.07. The molecular formula is C12H14Cl3NO. The lowest BCUT2D eigenvalue weighted by atomic mass is 9.89. The normalized spacial score (nSPS) is 22.5. The molecule has 2 N–H and O–H groups in total. The Morgan fingerprint density at radius 1 is 1.24 bits per heavy atom. The van der Waals surface area contributed by atoms with E-state index in [2.05, 4.69) is 5.32 Å². The van der Waals surface area contributed by atoms with Gasteiger partial charge in [-0.25, -0.2) is 0 Å². The van der Waals surface area contributed by atoms with E-state index in [4.69, 9.17) is 34.8 Å². The molecule has 1 aromatic rings. The van der Waals surface area contributed by atoms with Crippen LogP contribution in [0, 0.1) is 5.92 Å². The van der Waals surface area contributed by atoms with Crippen molar-refractivity contribution in [2.45, 2.75) is 18.9 Å². The van der Waals surface area contributed by atoms with Crippen molar-refractivity contribution in [2.24, 2.45) is 5.92 Å². The van der Waals surface area contributed by atoms with Gasteiger partial charge in [0.1, 0.15) is 0 Å². The molecule has 1 aliphatic rings. The second-order valence-corrected chi connectivity index (χ2v) is 5.59. The molecule has 1 heterocycles. The fraction of sp³-hybridized carbons (Fsp3) is 0.500. The predicted octanol–water partition coefficient (Wildman–Crippen LogP) is 3.68. The number of rotatable bonds is 2. The molecule has 0 spiro atoms. The van der Waals surface area contributed by atoms with Crippen molar-refractivity contribution in [3.63, 3.8) is 0 Å². The summed E-state index contributed by atoms with van der Waals surface area (Å²) in [6, 6.07) is 3.23. The van der Waals surface area contributed by atoms with E-state index in [1.165, 1.54) is 0 Å². The molecule has 2 unspecified atom stereocenters. The zero-order valence-corrected chi connectivity index (χ0v) is 11.5. The molecule has 2 nitrogen and oxygen atoms in total. The Morgan fingerprint density at radius 3 is 2.41 bits per heavy atom. The van der Waals surface area contributed by atoms with E-state index in [0.29, 0.717) is 20.6 Å². The van der Waals surface area contributed by atoms with E-state index in [1.807, 2.05) is 0 Å². The standard InChI is InChI=1S/C12H14Cl3NO/c13-8-4-9(14)11(10(15)5-8)12(17)7-2-1-3-16-6-7/h4-5,7,12,16-17H,1-3,6H2. The number of aliphatic hydroxyl groups excluding tert-OH is 1. The van der Waals surface area contributed by atoms with Crippen LogP contribution in [-0.2, 0) is 0 Å². The molecule has 0 saturated carbocycles. The van der Waals surface area contributed by atoms with Gasteiger partial charge in [0, 0.05) is 33.1 Å². The van der Waals surface area contributed by atoms with Crippen LogP contribution in [0.25, 0.3) is 0 Å². The van der Waals surface area contributed by atoms with Crippen molar-refractivity contribution in [3.8, 4) is 0 Å². The Balaban J connectivity index is 2.26. The highest BCUT2D eigenvalue weighted by Gasteiger charge is 2.26. The van der Waals surface area contributed by atoms with E-state index >= 15 is 0 Å². The van der Waals surface area contributed by atoms with Gasteiger partial charge in [0.15, 0.2) is 0 Å². The Kier molecular flexibility index (Phi) is 4.56. The summed E-state index contributed by atoms with van der Waals surface area (Å²) in [6.45, 7) is 1.79. The quantitative estimate of drug-likeness (QED) is 0.872. The first-order valence-corrected chi connectivity index (χ1v) is 6.76. The zero-order chi connectivity index (χ0) is 12.4. The van der Waals surface area contributed by atoms with Gasteiger partial charge in [-0.1, -0.05) is 34.8 Å². The van der Waals surface area contributed by atoms with Gasteiger partial charge in [0.2, 0.25) is 0 Å². The molecule has 2 atom stereocenters. The van der Waals surface area contributed by atoms with Crippen molar-refractivity contribution in [1.82, 2.24) is 5.32 Å². The summed E-state index contributed by atoms with van der Waals surface area (Å²) in [5, 5.41) is 15.0. The summed E-state index contributed by atoms with van der Waals surface area (Å²) >= 11 is 18.0. The molecule has 1 saturated heterocycles. The summed E-state index contributed by atoms with van der Waals surface area (Å²) < 4.78 is 0. The molecule has 1 aliphatic heterocycles. The molecule has 0 aromatic heterocycles. The fourth-order valence-corrected chi connectivity index (χ4v) is 3.26. The van der Waals surface area contributed by atoms with Gasteiger partial charge in [-0.3, -0.25) is 0 Å². The SMILES string of the molecule is OC(c1c(Cl)cc(Cl)cc1Cl)C1CCCNC1. The summed E-state index contributed by atoms with van der Waals surface area (Å²) in [4.78, 5) is 0. The number of benzene rings is 1. The van der Waals surface area contributed by atoms with Crippen molar-refractivity contribution in [3.05, 3.63) is 32.8 Å². The van der Waals surface area contributed by atoms with Crippen LogP contribution in [0.4, 0.5) is 0 Å². The first kappa shape index (κ1) is 13.4. The third-order valence-electron chi connectivity index (χ3n) is 3.12. The predicted molar refractivity (Wildman–Crippen MR) is 72.0 cm³/mol. The molecule has 0 aliphatic carbocycles. The van der Waals surface area contributed by atoms with Crippen molar-refractivity contribution in [2.75, 3.05) is 13.1 Å². The summed E-state index contributed by atoms with van der Waals surface area (Å²) in [5.74, 6) is 0.153. The topological polar surface area (TPSA) is 32.3 Å². The molecule has 1 aromatic carbocycles. The second-order valence-electron chi connectivity index (χ2n) is 4.33. The van der Waals surface area contributed by atoms with Crippen LogP contribution in [0.3, 0.4) is 0 Å². The zero-order valence-electron chi connectivity index (χ0n) is 9.22. The number of hydrogen-bond donors (Lipinski definition) is 2. The summed E-state index contributed by atoms with van der Waals surface area (Å²) in [6.07, 6.45) is 1.40. The lowest BCUT2D eigenvalue weighted by Gasteiger charge is -2.28. The largest absolute Gasteiger partial charge is 0.388 e. The molecule has 2 rings (SSSR count). The molecule has 0 amide bonds. The van der Waals surface area contributed by atoms with Crippen LogP contribution in [0.1, 0.15) is 24.5 Å². The van der Waals surface area contributed by atoms with E-state index in [9.17, 15) is 5.11 Å². The van der Waals surface area contributed by atoms with Crippen LogP contribution in [0.15, 0.2) is 12.1 Å². The number of nitrogens with one attached hydrogen (secondary N) is 1. The van der Waals surface area contributed by atoms with E-state index in [0.717, 1.165) is 25.9 Å². The molecule has 5 heteroatoms. The first-order chi connectivity index (χ1) is 8.09. The van der Waals surface area contributed by atoms with Gasteiger partial charge in [0.25, 0.3) is 0 Å². The van der Waals surface area contributed by atoms with Crippen LogP contribution < -0.4 is 5.32 Å². The molecule has 1 fully saturated rings. The molecule has 94 valence electrons. The Bertz CT molecular complexity index is 382. The van der Waals surface area contributed by atoms with E-state index in [-0.39, 0.29) is 5.92 Å². The fourth-order valence-electron chi connectivity index (χ4n) is 2.22. The maximum Gasteiger partial charge on any atom is 0.0859 e. The number of hydrogen-bond acceptors (Lipinski definition) is 2. The second kappa shape index (κ2) is 5.77. The lowest BCUT2D eigenvalue weighted by Crippen LogP contribution is -2.33. The number of piperidine rings is 1. The van der Waals surface area contributed by atoms with Gasteiger partial charge >= 0.3 is 0 Å². The van der Waals surface area contributed by atoms with Crippen LogP contribution in [-0.4, -0.2) is 18.2 Å². The monoisotopic (exact) mass is 293 g/mol. The van der Waals surface area contributed by atoms with Crippen molar-refractivity contribution < 1.29 is 5.11 Å². The van der Waals surface area contributed by atoms with E-state index in [1.54, 1.807) is 12.1 Å². The van der Waals surface area contributed by atoms with Crippen molar-refractivity contribution >= 4 is 34.8 Å². The Morgan fingerprint density at radius 2 is 1.88 bits per heavy atom. The average molecular weight is 295 g/mol. The van der Waals surface area contributed by atoms with Crippen LogP contribution >= 0.6 is 34.8 Å². The number of halogens is 3. The number of aliphatic hydroxyl groups is 1. The smallest absolute Gasteiger partial charge is 0.0859 e. The van der Waals surface area contributed by atoms with Gasteiger partial charge in [0.05, 0.1) is 6.10 Å². The highest BCUT2D eigenvalue weighted by Crippen LogP contribution is 2.38. The van der Waals surface area contributed by atoms with Crippen molar-refractivity contribution in [1.29, 1.82) is 0 Å².